The second kappa shape index (κ2) is 5.74. The van der Waals surface area contributed by atoms with Crippen LogP contribution in [-0.4, -0.2) is 28.6 Å². The summed E-state index contributed by atoms with van der Waals surface area (Å²) in [4.78, 5) is 9.43. The van der Waals surface area contributed by atoms with Gasteiger partial charge in [0.25, 0.3) is 10.0 Å². The third kappa shape index (κ3) is 2.97. The van der Waals surface area contributed by atoms with Gasteiger partial charge in [0.05, 0.1) is 22.0 Å². The van der Waals surface area contributed by atoms with Crippen LogP contribution < -0.4 is 4.72 Å². The van der Waals surface area contributed by atoms with Crippen molar-refractivity contribution in [3.05, 3.63) is 41.6 Å². The van der Waals surface area contributed by atoms with E-state index in [0.29, 0.717) is 16.5 Å². The molecule has 3 aromatic rings. The van der Waals surface area contributed by atoms with Crippen LogP contribution in [-0.2, 0) is 10.0 Å². The van der Waals surface area contributed by atoms with E-state index < -0.39 is 10.0 Å². The molecule has 0 saturated heterocycles. The lowest BCUT2D eigenvalue weighted by molar-refractivity contribution is 0.600. The number of thiazole rings is 1. The summed E-state index contributed by atoms with van der Waals surface area (Å²) in [5.74, 6) is 0. The molecule has 0 spiro atoms. The minimum Gasteiger partial charge on any atom is -0.281 e. The Balaban J connectivity index is 1.96. The normalized spacial score (nSPS) is 11.6. The molecule has 0 bridgehead atoms. The average Bonchev–Trinajstić information content (AvgIpc) is 3.02. The SMILES string of the molecule is Cc1nc(NS(=O)(=O)c2c(C)n[nH]c2C)sc1-c1cccnc1. The molecule has 0 saturated carbocycles. The van der Waals surface area contributed by atoms with Crippen LogP contribution >= 0.6 is 11.3 Å². The highest BCUT2D eigenvalue weighted by Crippen LogP contribution is 2.33. The van der Waals surface area contributed by atoms with Crippen LogP contribution in [0.2, 0.25) is 0 Å². The Labute approximate surface area is 137 Å². The summed E-state index contributed by atoms with van der Waals surface area (Å²) in [6.45, 7) is 5.15. The van der Waals surface area contributed by atoms with Gasteiger partial charge in [0.2, 0.25) is 0 Å². The van der Waals surface area contributed by atoms with Crippen molar-refractivity contribution in [2.24, 2.45) is 0 Å². The van der Waals surface area contributed by atoms with Crippen molar-refractivity contribution < 1.29 is 8.42 Å². The van der Waals surface area contributed by atoms with Crippen LogP contribution in [0, 0.1) is 20.8 Å². The first kappa shape index (κ1) is 15.6. The summed E-state index contributed by atoms with van der Waals surface area (Å²) < 4.78 is 27.6. The van der Waals surface area contributed by atoms with Crippen molar-refractivity contribution in [2.75, 3.05) is 4.72 Å². The molecule has 0 aliphatic heterocycles. The second-order valence-electron chi connectivity index (χ2n) is 5.04. The third-order valence-electron chi connectivity index (χ3n) is 3.27. The predicted molar refractivity (Wildman–Crippen MR) is 89.0 cm³/mol. The summed E-state index contributed by atoms with van der Waals surface area (Å²) in [6.07, 6.45) is 3.41. The van der Waals surface area contributed by atoms with E-state index in [1.54, 1.807) is 26.2 Å². The Morgan fingerprint density at radius 2 is 2.00 bits per heavy atom. The summed E-state index contributed by atoms with van der Waals surface area (Å²) in [6, 6.07) is 3.74. The molecule has 3 aromatic heterocycles. The van der Waals surface area contributed by atoms with E-state index in [0.717, 1.165) is 16.1 Å². The van der Waals surface area contributed by atoms with E-state index in [1.165, 1.54) is 11.3 Å². The number of rotatable bonds is 4. The number of anilines is 1. The van der Waals surface area contributed by atoms with E-state index in [2.05, 4.69) is 24.9 Å². The summed E-state index contributed by atoms with van der Waals surface area (Å²) in [5, 5.41) is 6.92. The van der Waals surface area contributed by atoms with Gasteiger partial charge in [-0.2, -0.15) is 5.10 Å². The van der Waals surface area contributed by atoms with E-state index in [-0.39, 0.29) is 4.90 Å². The highest BCUT2D eigenvalue weighted by molar-refractivity contribution is 7.93. The quantitative estimate of drug-likeness (QED) is 0.754. The highest BCUT2D eigenvalue weighted by Gasteiger charge is 2.24. The fraction of sp³-hybridized carbons (Fsp3) is 0.214. The Bertz CT molecular complexity index is 925. The van der Waals surface area contributed by atoms with Gasteiger partial charge in [0.15, 0.2) is 5.13 Å². The summed E-state index contributed by atoms with van der Waals surface area (Å²) in [5.41, 5.74) is 2.58. The van der Waals surface area contributed by atoms with Gasteiger partial charge < -0.3 is 0 Å². The maximum absolute atomic E-state index is 12.5. The van der Waals surface area contributed by atoms with Crippen molar-refractivity contribution in [2.45, 2.75) is 25.7 Å². The molecule has 7 nitrogen and oxygen atoms in total. The molecule has 3 rings (SSSR count). The molecular formula is C14H15N5O2S2. The van der Waals surface area contributed by atoms with E-state index in [4.69, 9.17) is 0 Å². The fourth-order valence-corrected chi connectivity index (χ4v) is 4.87. The second-order valence-corrected chi connectivity index (χ2v) is 7.66. The molecule has 120 valence electrons. The van der Waals surface area contributed by atoms with Gasteiger partial charge in [-0.25, -0.2) is 13.4 Å². The van der Waals surface area contributed by atoms with E-state index >= 15 is 0 Å². The first-order valence-electron chi connectivity index (χ1n) is 6.80. The minimum absolute atomic E-state index is 0.160. The molecule has 0 atom stereocenters. The van der Waals surface area contributed by atoms with Gasteiger partial charge in [-0.05, 0) is 26.8 Å². The zero-order valence-electron chi connectivity index (χ0n) is 12.8. The molecule has 0 radical (unpaired) electrons. The Hall–Kier alpha value is -2.26. The standard InChI is InChI=1S/C14H15N5O2S2/c1-8-12(11-5-4-6-15-7-11)22-14(16-8)19-23(20,21)13-9(2)17-18-10(13)3/h4-7H,1-3H3,(H,16,19)(H,17,18). The van der Waals surface area contributed by atoms with Gasteiger partial charge in [0, 0.05) is 18.0 Å². The van der Waals surface area contributed by atoms with Crippen LogP contribution in [0.5, 0.6) is 0 Å². The van der Waals surface area contributed by atoms with Crippen molar-refractivity contribution >= 4 is 26.5 Å². The molecule has 2 N–H and O–H groups in total. The number of sulfonamides is 1. The first-order chi connectivity index (χ1) is 10.9. The number of H-pyrrole nitrogens is 1. The number of aryl methyl sites for hydroxylation is 3. The topological polar surface area (TPSA) is 101 Å². The molecule has 0 aromatic carbocycles. The molecule has 0 aliphatic carbocycles. The van der Waals surface area contributed by atoms with Gasteiger partial charge in [-0.15, -0.1) is 0 Å². The Morgan fingerprint density at radius 1 is 1.22 bits per heavy atom. The van der Waals surface area contributed by atoms with Gasteiger partial charge in [-0.1, -0.05) is 17.4 Å². The van der Waals surface area contributed by atoms with E-state index in [1.807, 2.05) is 19.1 Å². The molecule has 0 unspecified atom stereocenters. The smallest absolute Gasteiger partial charge is 0.267 e. The van der Waals surface area contributed by atoms with Crippen LogP contribution in [0.4, 0.5) is 5.13 Å². The monoisotopic (exact) mass is 349 g/mol. The summed E-state index contributed by atoms with van der Waals surface area (Å²) in [7, 11) is -3.73. The van der Waals surface area contributed by atoms with E-state index in [9.17, 15) is 8.42 Å². The van der Waals surface area contributed by atoms with Crippen LogP contribution in [0.3, 0.4) is 0 Å². The molecule has 23 heavy (non-hydrogen) atoms. The lowest BCUT2D eigenvalue weighted by Crippen LogP contribution is -2.14. The number of hydrogen-bond donors (Lipinski definition) is 2. The van der Waals surface area contributed by atoms with Crippen LogP contribution in [0.25, 0.3) is 10.4 Å². The average molecular weight is 349 g/mol. The maximum Gasteiger partial charge on any atom is 0.267 e. The number of aromatic nitrogens is 4. The Kier molecular flexibility index (Phi) is 3.90. The van der Waals surface area contributed by atoms with Crippen LogP contribution in [0.1, 0.15) is 17.1 Å². The largest absolute Gasteiger partial charge is 0.281 e. The molecule has 0 amide bonds. The van der Waals surface area contributed by atoms with Gasteiger partial charge >= 0.3 is 0 Å². The highest BCUT2D eigenvalue weighted by atomic mass is 32.2. The van der Waals surface area contributed by atoms with Crippen molar-refractivity contribution in [1.29, 1.82) is 0 Å². The number of hydrogen-bond acceptors (Lipinski definition) is 6. The molecule has 3 heterocycles. The predicted octanol–water partition coefficient (Wildman–Crippen LogP) is 2.65. The lowest BCUT2D eigenvalue weighted by Gasteiger charge is -2.04. The summed E-state index contributed by atoms with van der Waals surface area (Å²) >= 11 is 1.28. The molecular weight excluding hydrogens is 334 g/mol. The molecule has 0 fully saturated rings. The van der Waals surface area contributed by atoms with Crippen molar-refractivity contribution in [3.63, 3.8) is 0 Å². The Morgan fingerprint density at radius 3 is 2.61 bits per heavy atom. The van der Waals surface area contributed by atoms with Crippen molar-refractivity contribution in [3.8, 4) is 10.4 Å². The minimum atomic E-state index is -3.73. The zero-order valence-corrected chi connectivity index (χ0v) is 14.4. The number of nitrogens with one attached hydrogen (secondary N) is 2. The van der Waals surface area contributed by atoms with Gasteiger partial charge in [-0.3, -0.25) is 14.8 Å². The first-order valence-corrected chi connectivity index (χ1v) is 9.10. The maximum atomic E-state index is 12.5. The van der Waals surface area contributed by atoms with Crippen molar-refractivity contribution in [1.82, 2.24) is 20.2 Å². The third-order valence-corrected chi connectivity index (χ3v) is 6.12. The fourth-order valence-electron chi connectivity index (χ4n) is 2.31. The van der Waals surface area contributed by atoms with Gasteiger partial charge in [0.1, 0.15) is 4.90 Å². The van der Waals surface area contributed by atoms with Crippen LogP contribution in [0.15, 0.2) is 29.4 Å². The number of nitrogens with zero attached hydrogens (tertiary/aromatic N) is 3. The lowest BCUT2D eigenvalue weighted by atomic mass is 10.2. The number of pyridine rings is 1. The number of aromatic amines is 1. The molecule has 9 heteroatoms. The molecule has 0 aliphatic rings. The zero-order chi connectivity index (χ0) is 16.6.